The minimum absolute atomic E-state index is 0.101. The number of carbonyl (C=O) groups excluding carboxylic acids is 1. The first-order valence-electron chi connectivity index (χ1n) is 5.12. The quantitative estimate of drug-likeness (QED) is 0.890. The van der Waals surface area contributed by atoms with Crippen LogP contribution in [0.2, 0.25) is 0 Å². The van der Waals surface area contributed by atoms with Crippen LogP contribution in [0.5, 0.6) is 0 Å². The molecule has 0 radical (unpaired) electrons. The fraction of sp³-hybridized carbons (Fsp3) is 0.0833. The lowest BCUT2D eigenvalue weighted by atomic mass is 10.2. The van der Waals surface area contributed by atoms with Gasteiger partial charge in [-0.2, -0.15) is 0 Å². The predicted octanol–water partition coefficient (Wildman–Crippen LogP) is 2.40. The van der Waals surface area contributed by atoms with E-state index in [-0.39, 0.29) is 11.6 Å². The summed E-state index contributed by atoms with van der Waals surface area (Å²) < 4.78 is 0. The van der Waals surface area contributed by atoms with E-state index in [1.807, 2.05) is 18.4 Å². The molecule has 0 aliphatic rings. The highest BCUT2D eigenvalue weighted by Crippen LogP contribution is 2.18. The van der Waals surface area contributed by atoms with Gasteiger partial charge in [0.1, 0.15) is 5.69 Å². The van der Waals surface area contributed by atoms with Crippen LogP contribution < -0.4 is 5.32 Å². The van der Waals surface area contributed by atoms with Crippen LogP contribution in [0.25, 0.3) is 0 Å². The van der Waals surface area contributed by atoms with Gasteiger partial charge in [-0.3, -0.25) is 4.79 Å². The number of aromatic nitrogens is 1. The van der Waals surface area contributed by atoms with Crippen LogP contribution in [-0.4, -0.2) is 22.0 Å². The second-order valence-corrected chi connectivity index (χ2v) is 4.54. The molecule has 2 aromatic heterocycles. The third-order valence-corrected chi connectivity index (χ3v) is 3.32. The van der Waals surface area contributed by atoms with Crippen molar-refractivity contribution in [3.63, 3.8) is 0 Å². The van der Waals surface area contributed by atoms with E-state index >= 15 is 0 Å². The number of anilines is 1. The summed E-state index contributed by atoms with van der Waals surface area (Å²) in [5.74, 6) is -1.37. The minimum Gasteiger partial charge on any atom is -0.477 e. The molecule has 0 saturated carbocycles. The zero-order chi connectivity index (χ0) is 13.1. The number of thiophene rings is 1. The van der Waals surface area contributed by atoms with Crippen molar-refractivity contribution in [3.8, 4) is 0 Å². The number of carboxylic acid groups (broad SMARTS) is 1. The number of hydrogen-bond acceptors (Lipinski definition) is 4. The molecule has 0 unspecified atom stereocenters. The van der Waals surface area contributed by atoms with E-state index < -0.39 is 5.97 Å². The second-order valence-electron chi connectivity index (χ2n) is 3.62. The standard InChI is InChI=1S/C12H10N2O3S/c1-7-3-5-18-10(7)11(15)14-8-2-4-13-9(6-8)12(16)17/h2-6H,1H3,(H,16,17)(H,13,14,15). The van der Waals surface area contributed by atoms with Crippen LogP contribution in [0.4, 0.5) is 5.69 Å². The van der Waals surface area contributed by atoms with Gasteiger partial charge < -0.3 is 10.4 Å². The van der Waals surface area contributed by atoms with Crippen LogP contribution in [-0.2, 0) is 0 Å². The Morgan fingerprint density at radius 1 is 1.39 bits per heavy atom. The van der Waals surface area contributed by atoms with Crippen LogP contribution >= 0.6 is 11.3 Å². The van der Waals surface area contributed by atoms with Gasteiger partial charge >= 0.3 is 5.97 Å². The van der Waals surface area contributed by atoms with E-state index in [1.165, 1.54) is 23.6 Å². The van der Waals surface area contributed by atoms with E-state index in [0.29, 0.717) is 10.6 Å². The summed E-state index contributed by atoms with van der Waals surface area (Å²) in [7, 11) is 0. The molecule has 0 bridgehead atoms. The van der Waals surface area contributed by atoms with Crippen molar-refractivity contribution in [2.45, 2.75) is 6.92 Å². The van der Waals surface area contributed by atoms with Crippen molar-refractivity contribution in [2.75, 3.05) is 5.32 Å². The number of hydrogen-bond donors (Lipinski definition) is 2. The average Bonchev–Trinajstić information content (AvgIpc) is 2.76. The molecular weight excluding hydrogens is 252 g/mol. The number of aromatic carboxylic acids is 1. The highest BCUT2D eigenvalue weighted by molar-refractivity contribution is 7.12. The van der Waals surface area contributed by atoms with Crippen molar-refractivity contribution in [3.05, 3.63) is 45.9 Å². The molecule has 0 atom stereocenters. The van der Waals surface area contributed by atoms with Gasteiger partial charge in [-0.15, -0.1) is 11.3 Å². The molecule has 1 amide bonds. The largest absolute Gasteiger partial charge is 0.477 e. The molecule has 0 aromatic carbocycles. The molecule has 2 rings (SSSR count). The molecule has 2 heterocycles. The summed E-state index contributed by atoms with van der Waals surface area (Å²) in [4.78, 5) is 26.9. The van der Waals surface area contributed by atoms with Gasteiger partial charge in [-0.25, -0.2) is 9.78 Å². The lowest BCUT2D eigenvalue weighted by Gasteiger charge is -2.04. The van der Waals surface area contributed by atoms with Crippen molar-refractivity contribution in [1.82, 2.24) is 4.98 Å². The molecule has 0 spiro atoms. The number of nitrogens with one attached hydrogen (secondary N) is 1. The van der Waals surface area contributed by atoms with Crippen molar-refractivity contribution in [2.24, 2.45) is 0 Å². The second kappa shape index (κ2) is 4.97. The summed E-state index contributed by atoms with van der Waals surface area (Å²) in [5, 5.41) is 13.3. The fourth-order valence-electron chi connectivity index (χ4n) is 1.42. The van der Waals surface area contributed by atoms with E-state index in [2.05, 4.69) is 10.3 Å². The Morgan fingerprint density at radius 3 is 2.78 bits per heavy atom. The normalized spacial score (nSPS) is 10.1. The molecule has 0 saturated heterocycles. The summed E-state index contributed by atoms with van der Waals surface area (Å²) in [6.45, 7) is 1.85. The van der Waals surface area contributed by atoms with Crippen LogP contribution in [0, 0.1) is 6.92 Å². The number of rotatable bonds is 3. The third kappa shape index (κ3) is 2.54. The molecule has 0 fully saturated rings. The number of carbonyl (C=O) groups is 2. The van der Waals surface area contributed by atoms with Crippen molar-refractivity contribution < 1.29 is 14.7 Å². The Balaban J connectivity index is 2.20. The Labute approximate surface area is 107 Å². The van der Waals surface area contributed by atoms with E-state index in [9.17, 15) is 9.59 Å². The van der Waals surface area contributed by atoms with Gasteiger partial charge in [0.2, 0.25) is 0 Å². The van der Waals surface area contributed by atoms with Gasteiger partial charge in [0.15, 0.2) is 0 Å². The third-order valence-electron chi connectivity index (χ3n) is 2.31. The lowest BCUT2D eigenvalue weighted by molar-refractivity contribution is 0.0690. The van der Waals surface area contributed by atoms with Crippen molar-refractivity contribution >= 4 is 28.9 Å². The first-order chi connectivity index (χ1) is 8.58. The smallest absolute Gasteiger partial charge is 0.354 e. The maximum atomic E-state index is 11.9. The number of pyridine rings is 1. The molecule has 0 aliphatic carbocycles. The molecule has 2 aromatic rings. The maximum Gasteiger partial charge on any atom is 0.354 e. The molecule has 6 heteroatoms. The lowest BCUT2D eigenvalue weighted by Crippen LogP contribution is -2.12. The number of aryl methyl sites for hydroxylation is 1. The maximum absolute atomic E-state index is 11.9. The van der Waals surface area contributed by atoms with Crippen LogP contribution in [0.3, 0.4) is 0 Å². The Morgan fingerprint density at radius 2 is 2.17 bits per heavy atom. The zero-order valence-corrected chi connectivity index (χ0v) is 10.3. The fourth-order valence-corrected chi connectivity index (χ4v) is 2.24. The Kier molecular flexibility index (Phi) is 3.38. The summed E-state index contributed by atoms with van der Waals surface area (Å²) in [6.07, 6.45) is 1.35. The first-order valence-corrected chi connectivity index (χ1v) is 6.00. The van der Waals surface area contributed by atoms with Crippen LogP contribution in [0.15, 0.2) is 29.8 Å². The first kappa shape index (κ1) is 12.3. The van der Waals surface area contributed by atoms with E-state index in [1.54, 1.807) is 6.07 Å². The topological polar surface area (TPSA) is 79.3 Å². The number of carboxylic acids is 1. The van der Waals surface area contributed by atoms with E-state index in [4.69, 9.17) is 5.11 Å². The highest BCUT2D eigenvalue weighted by atomic mass is 32.1. The zero-order valence-electron chi connectivity index (χ0n) is 9.51. The molecule has 0 aliphatic heterocycles. The average molecular weight is 262 g/mol. The van der Waals surface area contributed by atoms with Gasteiger partial charge in [-0.05, 0) is 36.1 Å². The molecule has 5 nitrogen and oxygen atoms in total. The SMILES string of the molecule is Cc1ccsc1C(=O)Nc1ccnc(C(=O)O)c1. The van der Waals surface area contributed by atoms with Crippen LogP contribution in [0.1, 0.15) is 25.7 Å². The highest BCUT2D eigenvalue weighted by Gasteiger charge is 2.12. The Bertz CT molecular complexity index is 607. The predicted molar refractivity (Wildman–Crippen MR) is 68.2 cm³/mol. The molecule has 18 heavy (non-hydrogen) atoms. The van der Waals surface area contributed by atoms with Gasteiger partial charge in [0, 0.05) is 11.9 Å². The Hall–Kier alpha value is -2.21. The summed E-state index contributed by atoms with van der Waals surface area (Å²) >= 11 is 1.34. The monoisotopic (exact) mass is 262 g/mol. The minimum atomic E-state index is -1.13. The molecular formula is C12H10N2O3S. The summed E-state index contributed by atoms with van der Waals surface area (Å²) in [6, 6.07) is 4.73. The number of amides is 1. The van der Waals surface area contributed by atoms with Gasteiger partial charge in [0.25, 0.3) is 5.91 Å². The number of nitrogens with zero attached hydrogens (tertiary/aromatic N) is 1. The van der Waals surface area contributed by atoms with Gasteiger partial charge in [0.05, 0.1) is 4.88 Å². The van der Waals surface area contributed by atoms with Gasteiger partial charge in [-0.1, -0.05) is 0 Å². The van der Waals surface area contributed by atoms with Crippen molar-refractivity contribution in [1.29, 1.82) is 0 Å². The summed E-state index contributed by atoms with van der Waals surface area (Å²) in [5.41, 5.74) is 1.21. The van der Waals surface area contributed by atoms with E-state index in [0.717, 1.165) is 5.56 Å². The molecule has 92 valence electrons. The molecule has 2 N–H and O–H groups in total.